The Morgan fingerprint density at radius 3 is 2.76 bits per heavy atom. The normalized spacial score (nSPS) is 10.8. The molecule has 0 unspecified atom stereocenters. The lowest BCUT2D eigenvalue weighted by Crippen LogP contribution is -2.32. The van der Waals surface area contributed by atoms with E-state index in [1.165, 1.54) is 22.9 Å². The van der Waals surface area contributed by atoms with Gasteiger partial charge in [-0.3, -0.25) is 14.7 Å². The number of thiophene rings is 1. The molecule has 3 aromatic heterocycles. The summed E-state index contributed by atoms with van der Waals surface area (Å²) in [5.41, 5.74) is 2.00. The number of rotatable bonds is 6. The van der Waals surface area contributed by atoms with Gasteiger partial charge in [0.2, 0.25) is 0 Å². The lowest BCUT2D eigenvalue weighted by atomic mass is 10.1. The molecule has 0 fully saturated rings. The van der Waals surface area contributed by atoms with E-state index >= 15 is 0 Å². The molecule has 0 saturated carbocycles. The predicted molar refractivity (Wildman–Crippen MR) is 108 cm³/mol. The van der Waals surface area contributed by atoms with E-state index < -0.39 is 0 Å². The van der Waals surface area contributed by atoms with Crippen LogP contribution in [0.4, 0.5) is 4.39 Å². The fourth-order valence-electron chi connectivity index (χ4n) is 2.75. The van der Waals surface area contributed by atoms with E-state index in [-0.39, 0.29) is 36.1 Å². The first-order valence-electron chi connectivity index (χ1n) is 8.82. The standard InChI is InChI=1S/C20H16FN5O2S/c21-14-5-3-13(4-6-14)15-7-8-19(27)26(25-15)10-9-22-20(28)17-12-16(23-24-17)18-2-1-11-29-18/h1-8,11-12H,9-10H2,(H,22,28)(H,23,24). The zero-order chi connectivity index (χ0) is 20.2. The molecule has 0 aliphatic rings. The number of aromatic nitrogens is 4. The Kier molecular flexibility index (Phi) is 5.30. The van der Waals surface area contributed by atoms with E-state index in [9.17, 15) is 14.0 Å². The van der Waals surface area contributed by atoms with Gasteiger partial charge in [0.15, 0.2) is 5.69 Å². The Hall–Kier alpha value is -3.59. The second-order valence-electron chi connectivity index (χ2n) is 6.19. The number of aromatic amines is 1. The minimum atomic E-state index is -0.342. The number of nitrogens with one attached hydrogen (secondary N) is 2. The van der Waals surface area contributed by atoms with Crippen LogP contribution in [0, 0.1) is 5.82 Å². The topological polar surface area (TPSA) is 92.7 Å². The second kappa shape index (κ2) is 8.19. The molecular weight excluding hydrogens is 393 g/mol. The third kappa shape index (κ3) is 4.30. The molecule has 0 aliphatic heterocycles. The molecule has 0 saturated heterocycles. The molecule has 3 heterocycles. The number of carbonyl (C=O) groups excluding carboxylic acids is 1. The third-order valence-electron chi connectivity index (χ3n) is 4.21. The first-order chi connectivity index (χ1) is 14.1. The average molecular weight is 409 g/mol. The minimum Gasteiger partial charge on any atom is -0.349 e. The van der Waals surface area contributed by atoms with Gasteiger partial charge in [0.25, 0.3) is 11.5 Å². The molecule has 1 amide bonds. The molecule has 4 aromatic rings. The van der Waals surface area contributed by atoms with Gasteiger partial charge in [0.1, 0.15) is 5.82 Å². The highest BCUT2D eigenvalue weighted by Gasteiger charge is 2.12. The number of H-pyrrole nitrogens is 1. The number of hydrogen-bond donors (Lipinski definition) is 2. The van der Waals surface area contributed by atoms with Crippen LogP contribution in [0.1, 0.15) is 10.5 Å². The number of benzene rings is 1. The molecule has 9 heteroatoms. The van der Waals surface area contributed by atoms with Crippen molar-refractivity contribution < 1.29 is 9.18 Å². The second-order valence-corrected chi connectivity index (χ2v) is 7.13. The SMILES string of the molecule is O=C(NCCn1nc(-c2ccc(F)cc2)ccc1=O)c1cc(-c2cccs2)[nH]n1. The van der Waals surface area contributed by atoms with Crippen LogP contribution in [0.3, 0.4) is 0 Å². The molecule has 2 N–H and O–H groups in total. The van der Waals surface area contributed by atoms with Crippen LogP contribution in [0.15, 0.2) is 64.8 Å². The maximum atomic E-state index is 13.1. The smallest absolute Gasteiger partial charge is 0.271 e. The monoisotopic (exact) mass is 409 g/mol. The molecule has 4 rings (SSSR count). The molecule has 29 heavy (non-hydrogen) atoms. The first kappa shape index (κ1) is 18.8. The fraction of sp³-hybridized carbons (Fsp3) is 0.100. The van der Waals surface area contributed by atoms with E-state index in [2.05, 4.69) is 20.6 Å². The fourth-order valence-corrected chi connectivity index (χ4v) is 3.44. The van der Waals surface area contributed by atoms with E-state index in [0.29, 0.717) is 11.3 Å². The van der Waals surface area contributed by atoms with E-state index in [1.54, 1.807) is 35.6 Å². The van der Waals surface area contributed by atoms with Gasteiger partial charge in [-0.2, -0.15) is 10.2 Å². The Morgan fingerprint density at radius 2 is 2.00 bits per heavy atom. The molecule has 0 aliphatic carbocycles. The highest BCUT2D eigenvalue weighted by atomic mass is 32.1. The lowest BCUT2D eigenvalue weighted by Gasteiger charge is -2.08. The van der Waals surface area contributed by atoms with Crippen LogP contribution >= 0.6 is 11.3 Å². The van der Waals surface area contributed by atoms with Crippen LogP contribution in [-0.2, 0) is 6.54 Å². The highest BCUT2D eigenvalue weighted by molar-refractivity contribution is 7.13. The van der Waals surface area contributed by atoms with Gasteiger partial charge in [0.05, 0.1) is 22.8 Å². The van der Waals surface area contributed by atoms with E-state index in [0.717, 1.165) is 10.6 Å². The molecule has 0 radical (unpaired) electrons. The maximum absolute atomic E-state index is 13.1. The Labute approximate surface area is 168 Å². The summed E-state index contributed by atoms with van der Waals surface area (Å²) in [6.45, 7) is 0.404. The minimum absolute atomic E-state index is 0.196. The molecule has 0 spiro atoms. The molecule has 0 atom stereocenters. The van der Waals surface area contributed by atoms with Crippen LogP contribution in [0.2, 0.25) is 0 Å². The van der Waals surface area contributed by atoms with Crippen molar-refractivity contribution in [1.82, 2.24) is 25.3 Å². The summed E-state index contributed by atoms with van der Waals surface area (Å²) in [7, 11) is 0. The summed E-state index contributed by atoms with van der Waals surface area (Å²) in [6.07, 6.45) is 0. The highest BCUT2D eigenvalue weighted by Crippen LogP contribution is 2.22. The maximum Gasteiger partial charge on any atom is 0.271 e. The van der Waals surface area contributed by atoms with Crippen LogP contribution in [0.5, 0.6) is 0 Å². The zero-order valence-corrected chi connectivity index (χ0v) is 15.9. The van der Waals surface area contributed by atoms with Gasteiger partial charge < -0.3 is 5.32 Å². The van der Waals surface area contributed by atoms with Crippen molar-refractivity contribution in [1.29, 1.82) is 0 Å². The quantitative estimate of drug-likeness (QED) is 0.512. The van der Waals surface area contributed by atoms with Crippen molar-refractivity contribution in [2.45, 2.75) is 6.54 Å². The van der Waals surface area contributed by atoms with Crippen molar-refractivity contribution in [2.75, 3.05) is 6.54 Å². The molecule has 7 nitrogen and oxygen atoms in total. The number of halogens is 1. The van der Waals surface area contributed by atoms with Crippen molar-refractivity contribution in [3.63, 3.8) is 0 Å². The summed E-state index contributed by atoms with van der Waals surface area (Å²) in [5, 5.41) is 15.8. The van der Waals surface area contributed by atoms with Crippen molar-refractivity contribution in [2.24, 2.45) is 0 Å². The van der Waals surface area contributed by atoms with E-state index in [4.69, 9.17) is 0 Å². The number of hydrogen-bond acceptors (Lipinski definition) is 5. The Bertz CT molecular complexity index is 1180. The van der Waals surface area contributed by atoms with Gasteiger partial charge in [0, 0.05) is 18.2 Å². The molecular formula is C20H16FN5O2S. The van der Waals surface area contributed by atoms with E-state index in [1.807, 2.05) is 17.5 Å². The summed E-state index contributed by atoms with van der Waals surface area (Å²) < 4.78 is 14.4. The lowest BCUT2D eigenvalue weighted by molar-refractivity contribution is 0.0946. The zero-order valence-electron chi connectivity index (χ0n) is 15.1. The summed E-state index contributed by atoms with van der Waals surface area (Å²) in [6, 6.07) is 14.4. The van der Waals surface area contributed by atoms with Gasteiger partial charge in [-0.1, -0.05) is 6.07 Å². The molecule has 0 bridgehead atoms. The van der Waals surface area contributed by atoms with Crippen LogP contribution in [0.25, 0.3) is 21.8 Å². The predicted octanol–water partition coefficient (Wildman–Crippen LogP) is 2.93. The molecule has 146 valence electrons. The van der Waals surface area contributed by atoms with Gasteiger partial charge in [-0.05, 0) is 47.8 Å². The van der Waals surface area contributed by atoms with Crippen molar-refractivity contribution >= 4 is 17.2 Å². The number of amides is 1. The third-order valence-corrected chi connectivity index (χ3v) is 5.12. The van der Waals surface area contributed by atoms with Crippen molar-refractivity contribution in [3.8, 4) is 21.8 Å². The Morgan fingerprint density at radius 1 is 1.17 bits per heavy atom. The average Bonchev–Trinajstić information content (AvgIpc) is 3.42. The van der Waals surface area contributed by atoms with Crippen LogP contribution in [-0.4, -0.2) is 32.4 Å². The summed E-state index contributed by atoms with van der Waals surface area (Å²) in [4.78, 5) is 25.3. The van der Waals surface area contributed by atoms with Crippen molar-refractivity contribution in [3.05, 3.63) is 81.8 Å². The molecule has 1 aromatic carbocycles. The summed E-state index contributed by atoms with van der Waals surface area (Å²) in [5.74, 6) is -0.683. The van der Waals surface area contributed by atoms with Gasteiger partial charge in [-0.25, -0.2) is 9.07 Å². The van der Waals surface area contributed by atoms with Gasteiger partial charge >= 0.3 is 0 Å². The Balaban J connectivity index is 1.40. The first-order valence-corrected chi connectivity index (χ1v) is 9.70. The van der Waals surface area contributed by atoms with Gasteiger partial charge in [-0.15, -0.1) is 11.3 Å². The van der Waals surface area contributed by atoms with Crippen LogP contribution < -0.4 is 10.9 Å². The number of nitrogens with zero attached hydrogens (tertiary/aromatic N) is 3. The number of carbonyl (C=O) groups is 1. The largest absolute Gasteiger partial charge is 0.349 e. The summed E-state index contributed by atoms with van der Waals surface area (Å²) >= 11 is 1.55.